The largest absolute Gasteiger partial charge is 0.465 e. The highest BCUT2D eigenvalue weighted by Crippen LogP contribution is 2.24. The molecule has 0 aromatic heterocycles. The number of rotatable bonds is 6. The number of halogens is 1. The summed E-state index contributed by atoms with van der Waals surface area (Å²) >= 11 is 2.24. The Morgan fingerprint density at radius 1 is 0.821 bits per heavy atom. The van der Waals surface area contributed by atoms with Crippen molar-refractivity contribution in [3.8, 4) is 0 Å². The maximum atomic E-state index is 12.7. The Bertz CT molecular complexity index is 1010. The molecular formula is C23H18INO3. The van der Waals surface area contributed by atoms with Crippen LogP contribution in [0.25, 0.3) is 5.70 Å². The van der Waals surface area contributed by atoms with Gasteiger partial charge in [0.2, 0.25) is 0 Å². The van der Waals surface area contributed by atoms with Crippen molar-refractivity contribution in [2.75, 3.05) is 12.4 Å². The van der Waals surface area contributed by atoms with Crippen LogP contribution in [0.2, 0.25) is 0 Å². The topological polar surface area (TPSA) is 55.4 Å². The molecule has 0 heterocycles. The number of allylic oxidation sites excluding steroid dienone is 1. The van der Waals surface area contributed by atoms with E-state index in [1.165, 1.54) is 7.11 Å². The molecule has 3 rings (SSSR count). The van der Waals surface area contributed by atoms with E-state index in [0.29, 0.717) is 16.8 Å². The number of methoxy groups -OCH3 is 1. The number of ether oxygens (including phenoxy) is 1. The molecule has 0 amide bonds. The predicted octanol–water partition coefficient (Wildman–Crippen LogP) is 5.41. The van der Waals surface area contributed by atoms with Crippen molar-refractivity contribution in [1.29, 1.82) is 0 Å². The summed E-state index contributed by atoms with van der Waals surface area (Å²) < 4.78 is 5.78. The third-order valence-corrected chi connectivity index (χ3v) is 5.03. The number of nitrogens with one attached hydrogen (secondary N) is 1. The van der Waals surface area contributed by atoms with Crippen molar-refractivity contribution in [1.82, 2.24) is 0 Å². The lowest BCUT2D eigenvalue weighted by Crippen LogP contribution is -2.06. The Kier molecular flexibility index (Phi) is 6.60. The minimum atomic E-state index is -0.400. The van der Waals surface area contributed by atoms with Gasteiger partial charge in [0, 0.05) is 20.9 Å². The molecule has 0 atom stereocenters. The van der Waals surface area contributed by atoms with Crippen LogP contribution in [0, 0.1) is 3.57 Å². The Morgan fingerprint density at radius 2 is 1.43 bits per heavy atom. The third kappa shape index (κ3) is 4.86. The van der Waals surface area contributed by atoms with Crippen LogP contribution in [0.15, 0.2) is 84.9 Å². The van der Waals surface area contributed by atoms with Gasteiger partial charge in [-0.1, -0.05) is 54.6 Å². The number of carbonyl (C=O) groups excluding carboxylic acids is 2. The van der Waals surface area contributed by atoms with Gasteiger partial charge in [-0.25, -0.2) is 4.79 Å². The van der Waals surface area contributed by atoms with Gasteiger partial charge >= 0.3 is 5.97 Å². The number of anilines is 1. The number of benzene rings is 3. The van der Waals surface area contributed by atoms with Gasteiger partial charge in [0.15, 0.2) is 5.78 Å². The van der Waals surface area contributed by atoms with E-state index < -0.39 is 5.97 Å². The van der Waals surface area contributed by atoms with Crippen LogP contribution in [0.3, 0.4) is 0 Å². The molecule has 3 aromatic rings. The second-order valence-electron chi connectivity index (χ2n) is 5.96. The average Bonchev–Trinajstić information content (AvgIpc) is 2.75. The number of hydrogen-bond acceptors (Lipinski definition) is 4. The summed E-state index contributed by atoms with van der Waals surface area (Å²) in [5.74, 6) is -0.505. The first-order chi connectivity index (χ1) is 13.6. The normalized spacial score (nSPS) is 11.0. The fraction of sp³-hybridized carbons (Fsp3) is 0.0435. The molecule has 0 aliphatic heterocycles. The van der Waals surface area contributed by atoms with E-state index in [2.05, 4.69) is 27.9 Å². The van der Waals surface area contributed by atoms with Gasteiger partial charge in [-0.15, -0.1) is 0 Å². The Hall–Kier alpha value is -2.93. The monoisotopic (exact) mass is 483 g/mol. The highest BCUT2D eigenvalue weighted by molar-refractivity contribution is 14.1. The smallest absolute Gasteiger partial charge is 0.337 e. The number of ketones is 1. The van der Waals surface area contributed by atoms with Crippen molar-refractivity contribution in [2.24, 2.45) is 0 Å². The summed E-state index contributed by atoms with van der Waals surface area (Å²) in [5.41, 5.74) is 3.39. The first kappa shape index (κ1) is 19.8. The van der Waals surface area contributed by atoms with Crippen LogP contribution in [-0.2, 0) is 4.74 Å². The van der Waals surface area contributed by atoms with Gasteiger partial charge in [0.05, 0.1) is 18.4 Å². The standard InChI is InChI=1S/C23H18INO3/c1-28-23(27)18-13-11-16(12-14-18)21(25-20-10-6-5-9-19(20)24)15-22(26)17-7-3-2-4-8-17/h2-15,25H,1H3/b21-15+. The van der Waals surface area contributed by atoms with Gasteiger partial charge in [0.1, 0.15) is 0 Å². The summed E-state index contributed by atoms with van der Waals surface area (Å²) in [6, 6.07) is 23.9. The molecule has 0 saturated heterocycles. The van der Waals surface area contributed by atoms with Crippen molar-refractivity contribution >= 4 is 45.7 Å². The first-order valence-corrected chi connectivity index (χ1v) is 9.68. The molecule has 5 heteroatoms. The van der Waals surface area contributed by atoms with Crippen LogP contribution in [0.5, 0.6) is 0 Å². The van der Waals surface area contributed by atoms with Crippen LogP contribution in [0.1, 0.15) is 26.3 Å². The molecule has 0 fully saturated rings. The van der Waals surface area contributed by atoms with E-state index in [9.17, 15) is 9.59 Å². The molecule has 140 valence electrons. The van der Waals surface area contributed by atoms with Crippen molar-refractivity contribution in [3.63, 3.8) is 0 Å². The molecule has 4 nitrogen and oxygen atoms in total. The van der Waals surface area contributed by atoms with Crippen molar-refractivity contribution in [2.45, 2.75) is 0 Å². The van der Waals surface area contributed by atoms with Crippen LogP contribution < -0.4 is 5.32 Å². The SMILES string of the molecule is COC(=O)c1ccc(/C(=C\C(=O)c2ccccc2)Nc2ccccc2I)cc1. The van der Waals surface area contributed by atoms with E-state index in [-0.39, 0.29) is 5.78 Å². The maximum absolute atomic E-state index is 12.7. The lowest BCUT2D eigenvalue weighted by molar-refractivity contribution is 0.0600. The van der Waals surface area contributed by atoms with Gasteiger partial charge in [-0.2, -0.15) is 0 Å². The van der Waals surface area contributed by atoms with Gasteiger partial charge in [0.25, 0.3) is 0 Å². The van der Waals surface area contributed by atoms with Gasteiger partial charge in [-0.05, 0) is 52.4 Å². The molecule has 0 radical (unpaired) electrons. The minimum Gasteiger partial charge on any atom is -0.465 e. The van der Waals surface area contributed by atoms with E-state index in [1.54, 1.807) is 42.5 Å². The molecule has 0 aliphatic carbocycles. The zero-order valence-electron chi connectivity index (χ0n) is 15.2. The summed E-state index contributed by atoms with van der Waals surface area (Å²) in [7, 11) is 1.35. The lowest BCUT2D eigenvalue weighted by Gasteiger charge is -2.13. The first-order valence-electron chi connectivity index (χ1n) is 8.60. The fourth-order valence-corrected chi connectivity index (χ4v) is 3.14. The highest BCUT2D eigenvalue weighted by Gasteiger charge is 2.11. The minimum absolute atomic E-state index is 0.105. The van der Waals surface area contributed by atoms with E-state index in [0.717, 1.165) is 14.8 Å². The van der Waals surface area contributed by atoms with Crippen LogP contribution in [-0.4, -0.2) is 18.9 Å². The summed E-state index contributed by atoms with van der Waals surface area (Å²) in [6.45, 7) is 0. The second kappa shape index (κ2) is 9.32. The fourth-order valence-electron chi connectivity index (χ4n) is 2.62. The van der Waals surface area contributed by atoms with E-state index in [4.69, 9.17) is 4.74 Å². The second-order valence-corrected chi connectivity index (χ2v) is 7.12. The quantitative estimate of drug-likeness (QED) is 0.221. The zero-order valence-corrected chi connectivity index (χ0v) is 17.3. The Labute approximate surface area is 177 Å². The Morgan fingerprint density at radius 3 is 2.07 bits per heavy atom. The molecule has 1 N–H and O–H groups in total. The summed E-state index contributed by atoms with van der Waals surface area (Å²) in [6.07, 6.45) is 1.57. The van der Waals surface area contributed by atoms with E-state index >= 15 is 0 Å². The molecule has 28 heavy (non-hydrogen) atoms. The molecule has 0 aliphatic rings. The lowest BCUT2D eigenvalue weighted by atomic mass is 10.0. The van der Waals surface area contributed by atoms with Gasteiger partial charge in [-0.3, -0.25) is 4.79 Å². The summed E-state index contributed by atoms with van der Waals surface area (Å²) in [4.78, 5) is 24.4. The van der Waals surface area contributed by atoms with Crippen LogP contribution in [0.4, 0.5) is 5.69 Å². The number of para-hydroxylation sites is 1. The van der Waals surface area contributed by atoms with Gasteiger partial charge < -0.3 is 10.1 Å². The number of esters is 1. The average molecular weight is 483 g/mol. The van der Waals surface area contributed by atoms with Crippen molar-refractivity contribution < 1.29 is 14.3 Å². The predicted molar refractivity (Wildman–Crippen MR) is 119 cm³/mol. The van der Waals surface area contributed by atoms with Crippen LogP contribution >= 0.6 is 22.6 Å². The number of carbonyl (C=O) groups is 2. The van der Waals surface area contributed by atoms with E-state index in [1.807, 2.05) is 42.5 Å². The molecule has 3 aromatic carbocycles. The molecule has 0 bridgehead atoms. The maximum Gasteiger partial charge on any atom is 0.337 e. The third-order valence-electron chi connectivity index (χ3n) is 4.09. The zero-order chi connectivity index (χ0) is 19.9. The molecular weight excluding hydrogens is 465 g/mol. The summed E-state index contributed by atoms with van der Waals surface area (Å²) in [5, 5.41) is 3.34. The number of hydrogen-bond donors (Lipinski definition) is 1. The molecule has 0 unspecified atom stereocenters. The molecule has 0 saturated carbocycles. The Balaban J connectivity index is 1.99. The van der Waals surface area contributed by atoms with Crippen molar-refractivity contribution in [3.05, 3.63) is 105 Å². The highest BCUT2D eigenvalue weighted by atomic mass is 127. The molecule has 0 spiro atoms.